The van der Waals surface area contributed by atoms with Crippen LogP contribution in [0.3, 0.4) is 0 Å². The number of nitrogens with one attached hydrogen (secondary N) is 1. The van der Waals surface area contributed by atoms with Crippen LogP contribution in [-0.2, 0) is 14.4 Å². The van der Waals surface area contributed by atoms with Crippen LogP contribution in [-0.4, -0.2) is 40.3 Å². The molecule has 1 aromatic heterocycles. The predicted molar refractivity (Wildman–Crippen MR) is 113 cm³/mol. The van der Waals surface area contributed by atoms with Gasteiger partial charge in [-0.15, -0.1) is 0 Å². The number of nitrogens with zero attached hydrogens (tertiary/aromatic N) is 3. The molecule has 0 radical (unpaired) electrons. The number of carbonyl (C=O) groups excluding carboxylic acids is 3. The molecule has 3 rings (SSSR count). The SMILES string of the molecule is Cc1cc(/C=C(/C#N)C(=O)NCCCN2C(=O)CCC2=O)c(C)n1C1CCCCC1. The first-order valence-corrected chi connectivity index (χ1v) is 10.8. The van der Waals surface area contributed by atoms with Gasteiger partial charge < -0.3 is 9.88 Å². The first-order chi connectivity index (χ1) is 14.4. The molecule has 2 heterocycles. The maximum absolute atomic E-state index is 12.5. The second-order valence-corrected chi connectivity index (χ2v) is 8.21. The van der Waals surface area contributed by atoms with E-state index in [9.17, 15) is 19.6 Å². The quantitative estimate of drug-likeness (QED) is 0.323. The molecule has 1 saturated carbocycles. The summed E-state index contributed by atoms with van der Waals surface area (Å²) >= 11 is 0. The smallest absolute Gasteiger partial charge is 0.261 e. The van der Waals surface area contributed by atoms with Gasteiger partial charge in [-0.05, 0) is 50.8 Å². The molecule has 0 unspecified atom stereocenters. The molecule has 2 fully saturated rings. The minimum absolute atomic E-state index is 0.0622. The Morgan fingerprint density at radius 3 is 2.50 bits per heavy atom. The third-order valence-electron chi connectivity index (χ3n) is 6.13. The van der Waals surface area contributed by atoms with E-state index in [0.717, 1.165) is 17.0 Å². The molecule has 7 nitrogen and oxygen atoms in total. The molecular formula is C23H30N4O3. The fraction of sp³-hybridized carbons (Fsp3) is 0.565. The molecule has 3 amide bonds. The summed E-state index contributed by atoms with van der Waals surface area (Å²) in [5.74, 6) is -0.742. The molecule has 0 atom stereocenters. The summed E-state index contributed by atoms with van der Waals surface area (Å²) in [5, 5.41) is 12.2. The van der Waals surface area contributed by atoms with Gasteiger partial charge >= 0.3 is 0 Å². The van der Waals surface area contributed by atoms with Crippen LogP contribution in [0.4, 0.5) is 0 Å². The van der Waals surface area contributed by atoms with Crippen LogP contribution < -0.4 is 5.32 Å². The van der Waals surface area contributed by atoms with E-state index < -0.39 is 5.91 Å². The van der Waals surface area contributed by atoms with E-state index >= 15 is 0 Å². The first kappa shape index (κ1) is 21.8. The summed E-state index contributed by atoms with van der Waals surface area (Å²) in [6.45, 7) is 4.72. The predicted octanol–water partition coefficient (Wildman–Crippen LogP) is 3.17. The Morgan fingerprint density at radius 1 is 1.20 bits per heavy atom. The average molecular weight is 411 g/mol. The molecule has 160 valence electrons. The van der Waals surface area contributed by atoms with Crippen molar-refractivity contribution in [2.45, 2.75) is 71.3 Å². The van der Waals surface area contributed by atoms with Crippen molar-refractivity contribution < 1.29 is 14.4 Å². The molecule has 2 aliphatic rings. The van der Waals surface area contributed by atoms with Crippen LogP contribution in [0.1, 0.15) is 74.4 Å². The number of likely N-dealkylation sites (tertiary alicyclic amines) is 1. The summed E-state index contributed by atoms with van der Waals surface area (Å²) in [4.78, 5) is 36.9. The second kappa shape index (κ2) is 9.75. The standard InChI is InChI=1S/C23H30N4O3/c1-16-13-18(17(2)27(16)20-7-4-3-5-8-20)14-19(15-24)23(30)25-11-6-12-26-21(28)9-10-22(26)29/h13-14,20H,3-12H2,1-2H3,(H,25,30)/b19-14-. The van der Waals surface area contributed by atoms with Gasteiger partial charge in [0.2, 0.25) is 11.8 Å². The van der Waals surface area contributed by atoms with E-state index in [-0.39, 0.29) is 30.2 Å². The Bertz CT molecular complexity index is 884. The number of hydrogen-bond acceptors (Lipinski definition) is 4. The van der Waals surface area contributed by atoms with E-state index in [1.807, 2.05) is 19.1 Å². The average Bonchev–Trinajstić information content (AvgIpc) is 3.21. The number of amides is 3. The highest BCUT2D eigenvalue weighted by molar-refractivity contribution is 6.02. The lowest BCUT2D eigenvalue weighted by Gasteiger charge is -2.26. The van der Waals surface area contributed by atoms with Crippen LogP contribution in [0.2, 0.25) is 0 Å². The van der Waals surface area contributed by atoms with Gasteiger partial charge in [0.05, 0.1) is 0 Å². The summed E-state index contributed by atoms with van der Waals surface area (Å²) in [5.41, 5.74) is 3.21. The minimum Gasteiger partial charge on any atom is -0.351 e. The molecule has 1 aromatic rings. The maximum atomic E-state index is 12.5. The van der Waals surface area contributed by atoms with Crippen molar-refractivity contribution in [1.82, 2.24) is 14.8 Å². The van der Waals surface area contributed by atoms with Crippen LogP contribution in [0.15, 0.2) is 11.6 Å². The van der Waals surface area contributed by atoms with Gasteiger partial charge in [0.25, 0.3) is 5.91 Å². The van der Waals surface area contributed by atoms with Crippen molar-refractivity contribution in [1.29, 1.82) is 5.26 Å². The molecule has 0 bridgehead atoms. The van der Waals surface area contributed by atoms with Crippen molar-refractivity contribution in [3.63, 3.8) is 0 Å². The van der Waals surface area contributed by atoms with Crippen LogP contribution in [0.5, 0.6) is 0 Å². The normalized spacial score (nSPS) is 18.0. The molecule has 1 aliphatic heterocycles. The molecule has 0 spiro atoms. The van der Waals surface area contributed by atoms with Crippen LogP contribution >= 0.6 is 0 Å². The van der Waals surface area contributed by atoms with Gasteiger partial charge in [0.1, 0.15) is 11.6 Å². The Kier molecular flexibility index (Phi) is 7.09. The Balaban J connectivity index is 1.61. The summed E-state index contributed by atoms with van der Waals surface area (Å²) in [6, 6.07) is 4.54. The first-order valence-electron chi connectivity index (χ1n) is 10.8. The zero-order valence-electron chi connectivity index (χ0n) is 17.9. The lowest BCUT2D eigenvalue weighted by molar-refractivity contribution is -0.138. The second-order valence-electron chi connectivity index (χ2n) is 8.21. The van der Waals surface area contributed by atoms with Gasteiger partial charge in [-0.1, -0.05) is 19.3 Å². The minimum atomic E-state index is -0.431. The topological polar surface area (TPSA) is 95.2 Å². The maximum Gasteiger partial charge on any atom is 0.261 e. The van der Waals surface area contributed by atoms with Gasteiger partial charge in [-0.25, -0.2) is 0 Å². The summed E-state index contributed by atoms with van der Waals surface area (Å²) in [6.07, 6.45) is 8.79. The third kappa shape index (κ3) is 4.81. The van der Waals surface area contributed by atoms with Gasteiger partial charge in [0, 0.05) is 43.4 Å². The largest absolute Gasteiger partial charge is 0.351 e. The fourth-order valence-electron chi connectivity index (χ4n) is 4.56. The molecule has 30 heavy (non-hydrogen) atoms. The molecule has 7 heteroatoms. The van der Waals surface area contributed by atoms with Crippen LogP contribution in [0, 0.1) is 25.2 Å². The molecule has 1 N–H and O–H groups in total. The Hall–Kier alpha value is -2.88. The highest BCUT2D eigenvalue weighted by atomic mass is 16.2. The number of aromatic nitrogens is 1. The lowest BCUT2D eigenvalue weighted by atomic mass is 9.95. The van der Waals surface area contributed by atoms with Crippen molar-refractivity contribution in [3.8, 4) is 6.07 Å². The fourth-order valence-corrected chi connectivity index (χ4v) is 4.56. The highest BCUT2D eigenvalue weighted by Crippen LogP contribution is 2.32. The van der Waals surface area contributed by atoms with E-state index in [0.29, 0.717) is 25.6 Å². The Morgan fingerprint density at radius 2 is 1.87 bits per heavy atom. The summed E-state index contributed by atoms with van der Waals surface area (Å²) < 4.78 is 2.35. The molecular weight excluding hydrogens is 380 g/mol. The third-order valence-corrected chi connectivity index (χ3v) is 6.13. The van der Waals surface area contributed by atoms with Crippen molar-refractivity contribution in [2.75, 3.05) is 13.1 Å². The zero-order valence-corrected chi connectivity index (χ0v) is 17.9. The van der Waals surface area contributed by atoms with Crippen molar-refractivity contribution in [3.05, 3.63) is 28.6 Å². The molecule has 0 aromatic carbocycles. The van der Waals surface area contributed by atoms with Gasteiger partial charge in [0.15, 0.2) is 0 Å². The van der Waals surface area contributed by atoms with E-state index in [1.165, 1.54) is 37.0 Å². The Labute approximate surface area is 177 Å². The van der Waals surface area contributed by atoms with E-state index in [1.54, 1.807) is 6.08 Å². The van der Waals surface area contributed by atoms with Crippen molar-refractivity contribution >= 4 is 23.8 Å². The van der Waals surface area contributed by atoms with Gasteiger partial charge in [-0.3, -0.25) is 19.3 Å². The number of imide groups is 1. The molecule has 1 aliphatic carbocycles. The number of hydrogen-bond donors (Lipinski definition) is 1. The molecule has 1 saturated heterocycles. The van der Waals surface area contributed by atoms with Crippen molar-refractivity contribution in [2.24, 2.45) is 0 Å². The number of aryl methyl sites for hydroxylation is 1. The highest BCUT2D eigenvalue weighted by Gasteiger charge is 2.28. The van der Waals surface area contributed by atoms with Gasteiger partial charge in [-0.2, -0.15) is 5.26 Å². The summed E-state index contributed by atoms with van der Waals surface area (Å²) in [7, 11) is 0. The number of nitriles is 1. The number of rotatable bonds is 7. The monoisotopic (exact) mass is 410 g/mol. The van der Waals surface area contributed by atoms with Crippen LogP contribution in [0.25, 0.3) is 6.08 Å². The van der Waals surface area contributed by atoms with E-state index in [4.69, 9.17) is 0 Å². The lowest BCUT2D eigenvalue weighted by Crippen LogP contribution is -2.33. The zero-order chi connectivity index (χ0) is 21.7. The number of carbonyl (C=O) groups is 3. The van der Waals surface area contributed by atoms with E-state index in [2.05, 4.69) is 16.8 Å².